The fourth-order valence-corrected chi connectivity index (χ4v) is 2.03. The van der Waals surface area contributed by atoms with Crippen LogP contribution in [0.4, 0.5) is 4.39 Å². The molecule has 0 aliphatic rings. The molecule has 3 nitrogen and oxygen atoms in total. The minimum atomic E-state index is -0.319. The second-order valence-electron chi connectivity index (χ2n) is 4.83. The van der Waals surface area contributed by atoms with Gasteiger partial charge in [0.25, 0.3) is 0 Å². The van der Waals surface area contributed by atoms with Gasteiger partial charge in [-0.05, 0) is 42.3 Å². The van der Waals surface area contributed by atoms with Gasteiger partial charge in [-0.1, -0.05) is 24.3 Å². The molecule has 1 unspecified atom stereocenters. The smallest absolute Gasteiger partial charge is 0.224 e. The van der Waals surface area contributed by atoms with E-state index in [9.17, 15) is 9.18 Å². The van der Waals surface area contributed by atoms with E-state index in [4.69, 9.17) is 5.26 Å². The molecule has 0 spiro atoms. The Bertz CT molecular complexity index is 674. The maximum atomic E-state index is 13.1. The molecule has 1 amide bonds. The number of hydrogen-bond acceptors (Lipinski definition) is 2. The predicted octanol–water partition coefficient (Wildman–Crippen LogP) is 3.12. The number of rotatable bonds is 4. The third-order valence-corrected chi connectivity index (χ3v) is 3.17. The molecule has 0 aliphatic heterocycles. The summed E-state index contributed by atoms with van der Waals surface area (Å²) in [4.78, 5) is 12.0. The van der Waals surface area contributed by atoms with Gasteiger partial charge >= 0.3 is 0 Å². The van der Waals surface area contributed by atoms with Gasteiger partial charge in [-0.3, -0.25) is 4.79 Å². The average Bonchev–Trinajstić information content (AvgIpc) is 2.48. The van der Waals surface area contributed by atoms with Crippen molar-refractivity contribution < 1.29 is 9.18 Å². The van der Waals surface area contributed by atoms with Gasteiger partial charge in [0, 0.05) is 0 Å². The van der Waals surface area contributed by atoms with Crippen molar-refractivity contribution in [3.05, 3.63) is 71.0 Å². The van der Waals surface area contributed by atoms with Crippen molar-refractivity contribution in [1.82, 2.24) is 5.32 Å². The first-order valence-electron chi connectivity index (χ1n) is 6.62. The molecule has 106 valence electrons. The fourth-order valence-electron chi connectivity index (χ4n) is 2.03. The van der Waals surface area contributed by atoms with Gasteiger partial charge < -0.3 is 5.32 Å². The zero-order valence-corrected chi connectivity index (χ0v) is 11.6. The molecule has 0 saturated heterocycles. The Balaban J connectivity index is 1.96. The van der Waals surface area contributed by atoms with E-state index in [1.54, 1.807) is 36.4 Å². The Hall–Kier alpha value is -2.67. The molecule has 2 rings (SSSR count). The first-order chi connectivity index (χ1) is 10.1. The molecular formula is C17H15FN2O. The van der Waals surface area contributed by atoms with Crippen LogP contribution < -0.4 is 5.32 Å². The van der Waals surface area contributed by atoms with E-state index < -0.39 is 0 Å². The van der Waals surface area contributed by atoms with Crippen LogP contribution in [0.3, 0.4) is 0 Å². The van der Waals surface area contributed by atoms with Gasteiger partial charge in [0.1, 0.15) is 5.82 Å². The number of nitrogens with one attached hydrogen (secondary N) is 1. The summed E-state index contributed by atoms with van der Waals surface area (Å²) >= 11 is 0. The molecule has 0 bridgehead atoms. The molecule has 0 radical (unpaired) electrons. The van der Waals surface area contributed by atoms with Crippen LogP contribution >= 0.6 is 0 Å². The minimum absolute atomic E-state index is 0.142. The zero-order chi connectivity index (χ0) is 15.2. The molecule has 0 aromatic heterocycles. The molecular weight excluding hydrogens is 267 g/mol. The summed E-state index contributed by atoms with van der Waals surface area (Å²) in [6.45, 7) is 1.81. The highest BCUT2D eigenvalue weighted by Crippen LogP contribution is 2.14. The second-order valence-corrected chi connectivity index (χ2v) is 4.83. The SMILES string of the molecule is CC(NC(=O)Cc1ccc(C#N)cc1)c1cccc(F)c1. The summed E-state index contributed by atoms with van der Waals surface area (Å²) in [7, 11) is 0. The van der Waals surface area contributed by atoms with Gasteiger partial charge in [0.2, 0.25) is 5.91 Å². The maximum absolute atomic E-state index is 13.1. The Kier molecular flexibility index (Phi) is 4.68. The number of hydrogen-bond donors (Lipinski definition) is 1. The standard InChI is InChI=1S/C17H15FN2O/c1-12(15-3-2-4-16(18)10-15)20-17(21)9-13-5-7-14(11-19)8-6-13/h2-8,10,12H,9H2,1H3,(H,20,21). The van der Waals surface area contributed by atoms with Crippen molar-refractivity contribution in [3.8, 4) is 6.07 Å². The summed E-state index contributed by atoms with van der Waals surface area (Å²) in [5.41, 5.74) is 2.12. The van der Waals surface area contributed by atoms with E-state index in [1.807, 2.05) is 13.0 Å². The van der Waals surface area contributed by atoms with Gasteiger partial charge in [-0.25, -0.2) is 4.39 Å². The number of nitriles is 1. The summed E-state index contributed by atoms with van der Waals surface area (Å²) in [6, 6.07) is 14.8. The van der Waals surface area contributed by atoms with Crippen LogP contribution in [0.1, 0.15) is 29.7 Å². The summed E-state index contributed by atoms with van der Waals surface area (Å²) in [5.74, 6) is -0.461. The number of nitrogens with zero attached hydrogens (tertiary/aromatic N) is 1. The molecule has 0 fully saturated rings. The third kappa shape index (κ3) is 4.15. The first-order valence-corrected chi connectivity index (χ1v) is 6.62. The van der Waals surface area contributed by atoms with Crippen molar-refractivity contribution in [2.24, 2.45) is 0 Å². The molecule has 4 heteroatoms. The monoisotopic (exact) mass is 282 g/mol. The Labute approximate surface area is 123 Å². The maximum Gasteiger partial charge on any atom is 0.224 e. The van der Waals surface area contributed by atoms with E-state index in [-0.39, 0.29) is 24.2 Å². The van der Waals surface area contributed by atoms with Crippen molar-refractivity contribution in [3.63, 3.8) is 0 Å². The summed E-state index contributed by atoms with van der Waals surface area (Å²) in [5, 5.41) is 11.5. The third-order valence-electron chi connectivity index (χ3n) is 3.17. The Morgan fingerprint density at radius 3 is 2.62 bits per heavy atom. The van der Waals surface area contributed by atoms with Gasteiger partial charge in [-0.2, -0.15) is 5.26 Å². The normalized spacial score (nSPS) is 11.5. The zero-order valence-electron chi connectivity index (χ0n) is 11.6. The summed E-state index contributed by atoms with van der Waals surface area (Å²) in [6.07, 6.45) is 0.228. The Morgan fingerprint density at radius 1 is 1.29 bits per heavy atom. The molecule has 0 heterocycles. The van der Waals surface area contributed by atoms with E-state index in [2.05, 4.69) is 5.32 Å². The van der Waals surface area contributed by atoms with Crippen LogP contribution in [-0.2, 0) is 11.2 Å². The lowest BCUT2D eigenvalue weighted by Gasteiger charge is -2.14. The van der Waals surface area contributed by atoms with Crippen LogP contribution in [0.5, 0.6) is 0 Å². The summed E-state index contributed by atoms with van der Waals surface area (Å²) < 4.78 is 13.1. The highest BCUT2D eigenvalue weighted by atomic mass is 19.1. The highest BCUT2D eigenvalue weighted by molar-refractivity contribution is 5.79. The van der Waals surface area contributed by atoms with Crippen molar-refractivity contribution >= 4 is 5.91 Å². The van der Waals surface area contributed by atoms with Gasteiger partial charge in [0.15, 0.2) is 0 Å². The van der Waals surface area contributed by atoms with Crippen LogP contribution in [0.2, 0.25) is 0 Å². The van der Waals surface area contributed by atoms with E-state index in [0.717, 1.165) is 11.1 Å². The topological polar surface area (TPSA) is 52.9 Å². The number of benzene rings is 2. The van der Waals surface area contributed by atoms with Crippen molar-refractivity contribution in [1.29, 1.82) is 5.26 Å². The largest absolute Gasteiger partial charge is 0.349 e. The van der Waals surface area contributed by atoms with Gasteiger partial charge in [-0.15, -0.1) is 0 Å². The van der Waals surface area contributed by atoms with E-state index in [0.29, 0.717) is 5.56 Å². The minimum Gasteiger partial charge on any atom is -0.349 e. The number of carbonyl (C=O) groups excluding carboxylic acids is 1. The lowest BCUT2D eigenvalue weighted by molar-refractivity contribution is -0.121. The van der Waals surface area contributed by atoms with Crippen LogP contribution in [0, 0.1) is 17.1 Å². The van der Waals surface area contributed by atoms with Crippen LogP contribution in [-0.4, -0.2) is 5.91 Å². The first kappa shape index (κ1) is 14.7. The molecule has 21 heavy (non-hydrogen) atoms. The lowest BCUT2D eigenvalue weighted by atomic mass is 10.1. The van der Waals surface area contributed by atoms with Crippen LogP contribution in [0.15, 0.2) is 48.5 Å². The Morgan fingerprint density at radius 2 is 2.00 bits per heavy atom. The molecule has 1 N–H and O–H groups in total. The quantitative estimate of drug-likeness (QED) is 0.936. The second kappa shape index (κ2) is 6.67. The lowest BCUT2D eigenvalue weighted by Crippen LogP contribution is -2.28. The molecule has 2 aromatic carbocycles. The molecule has 0 saturated carbocycles. The molecule has 0 aliphatic carbocycles. The average molecular weight is 282 g/mol. The predicted molar refractivity (Wildman–Crippen MR) is 77.8 cm³/mol. The number of carbonyl (C=O) groups is 1. The van der Waals surface area contributed by atoms with Crippen molar-refractivity contribution in [2.75, 3.05) is 0 Å². The number of halogens is 1. The van der Waals surface area contributed by atoms with E-state index in [1.165, 1.54) is 12.1 Å². The molecule has 2 aromatic rings. The number of amides is 1. The highest BCUT2D eigenvalue weighted by Gasteiger charge is 2.10. The fraction of sp³-hybridized carbons (Fsp3) is 0.176. The van der Waals surface area contributed by atoms with Crippen LogP contribution in [0.25, 0.3) is 0 Å². The van der Waals surface area contributed by atoms with Crippen molar-refractivity contribution in [2.45, 2.75) is 19.4 Å². The van der Waals surface area contributed by atoms with Gasteiger partial charge in [0.05, 0.1) is 24.1 Å². The van der Waals surface area contributed by atoms with E-state index >= 15 is 0 Å². The molecule has 1 atom stereocenters.